The predicted molar refractivity (Wildman–Crippen MR) is 71.9 cm³/mol. The van der Waals surface area contributed by atoms with Crippen LogP contribution in [0.5, 0.6) is 0 Å². The third kappa shape index (κ3) is 2.23. The fraction of sp³-hybridized carbons (Fsp3) is 0. The van der Waals surface area contributed by atoms with Gasteiger partial charge in [-0.2, -0.15) is 10.2 Å². The van der Waals surface area contributed by atoms with E-state index in [1.165, 1.54) is 6.20 Å². The number of nitrogens with zero attached hydrogens (tertiary/aromatic N) is 2. The molecule has 0 bridgehead atoms. The summed E-state index contributed by atoms with van der Waals surface area (Å²) < 4.78 is 0. The zero-order valence-corrected chi connectivity index (χ0v) is 9.92. The van der Waals surface area contributed by atoms with E-state index < -0.39 is 0 Å². The Kier molecular flexibility index (Phi) is 2.82. The van der Waals surface area contributed by atoms with E-state index in [0.29, 0.717) is 5.69 Å². The van der Waals surface area contributed by atoms with Gasteiger partial charge in [0.05, 0.1) is 6.21 Å². The SMILES string of the molecule is O=C(N/N=C/c1c[nH]c2ccccc12)c1ccn[nH]1. The van der Waals surface area contributed by atoms with Crippen molar-refractivity contribution in [1.29, 1.82) is 0 Å². The molecule has 2 heterocycles. The van der Waals surface area contributed by atoms with Crippen LogP contribution < -0.4 is 5.43 Å². The van der Waals surface area contributed by atoms with Crippen LogP contribution in [0.15, 0.2) is 47.8 Å². The number of carbonyl (C=O) groups is 1. The van der Waals surface area contributed by atoms with Crippen molar-refractivity contribution in [3.8, 4) is 0 Å². The fourth-order valence-electron chi connectivity index (χ4n) is 1.80. The maximum Gasteiger partial charge on any atom is 0.289 e. The van der Waals surface area contributed by atoms with Gasteiger partial charge in [0.25, 0.3) is 5.91 Å². The molecule has 1 amide bonds. The number of fused-ring (bicyclic) bond motifs is 1. The topological polar surface area (TPSA) is 85.9 Å². The minimum Gasteiger partial charge on any atom is -0.361 e. The van der Waals surface area contributed by atoms with Crippen LogP contribution in [0.25, 0.3) is 10.9 Å². The Bertz CT molecular complexity index is 726. The van der Waals surface area contributed by atoms with Crippen molar-refractivity contribution in [3.63, 3.8) is 0 Å². The van der Waals surface area contributed by atoms with Crippen LogP contribution in [0, 0.1) is 0 Å². The van der Waals surface area contributed by atoms with Crippen LogP contribution in [-0.4, -0.2) is 27.3 Å². The van der Waals surface area contributed by atoms with Gasteiger partial charge in [0.1, 0.15) is 5.69 Å². The van der Waals surface area contributed by atoms with Gasteiger partial charge in [-0.1, -0.05) is 18.2 Å². The lowest BCUT2D eigenvalue weighted by Gasteiger charge is -1.95. The van der Waals surface area contributed by atoms with Gasteiger partial charge in [-0.3, -0.25) is 9.89 Å². The number of benzene rings is 1. The molecule has 1 aromatic carbocycles. The molecule has 0 aliphatic heterocycles. The number of hydrazone groups is 1. The normalized spacial score (nSPS) is 11.2. The van der Waals surface area contributed by atoms with E-state index in [4.69, 9.17) is 0 Å². The first-order chi connectivity index (χ1) is 9.34. The number of carbonyl (C=O) groups excluding carboxylic acids is 1. The molecule has 94 valence electrons. The third-order valence-electron chi connectivity index (χ3n) is 2.74. The van der Waals surface area contributed by atoms with Crippen LogP contribution in [0.4, 0.5) is 0 Å². The van der Waals surface area contributed by atoms with Crippen molar-refractivity contribution in [2.45, 2.75) is 0 Å². The van der Waals surface area contributed by atoms with Gasteiger partial charge >= 0.3 is 0 Å². The van der Waals surface area contributed by atoms with Gasteiger partial charge in [-0.05, 0) is 12.1 Å². The Labute approximate surface area is 108 Å². The van der Waals surface area contributed by atoms with Crippen LogP contribution in [-0.2, 0) is 0 Å². The van der Waals surface area contributed by atoms with Gasteiger partial charge < -0.3 is 4.98 Å². The number of H-pyrrole nitrogens is 2. The number of hydrogen-bond acceptors (Lipinski definition) is 3. The molecule has 0 atom stereocenters. The van der Waals surface area contributed by atoms with E-state index in [-0.39, 0.29) is 5.91 Å². The third-order valence-corrected chi connectivity index (χ3v) is 2.74. The van der Waals surface area contributed by atoms with Crippen molar-refractivity contribution in [2.75, 3.05) is 0 Å². The molecule has 0 saturated carbocycles. The zero-order valence-electron chi connectivity index (χ0n) is 9.92. The van der Waals surface area contributed by atoms with Crippen molar-refractivity contribution in [3.05, 3.63) is 54.0 Å². The second kappa shape index (κ2) is 4.77. The quantitative estimate of drug-likeness (QED) is 0.489. The molecule has 19 heavy (non-hydrogen) atoms. The van der Waals surface area contributed by atoms with E-state index in [2.05, 4.69) is 25.7 Å². The van der Waals surface area contributed by atoms with Crippen LogP contribution in [0.3, 0.4) is 0 Å². The standard InChI is InChI=1S/C13H11N5O/c19-13(12-5-6-15-17-12)18-16-8-9-7-14-11-4-2-1-3-10(9)11/h1-8,14H,(H,15,17)(H,18,19)/b16-8+. The number of amides is 1. The average Bonchev–Trinajstić information content (AvgIpc) is 3.08. The summed E-state index contributed by atoms with van der Waals surface area (Å²) in [7, 11) is 0. The molecule has 3 N–H and O–H groups in total. The summed E-state index contributed by atoms with van der Waals surface area (Å²) >= 11 is 0. The molecular formula is C13H11N5O. The molecular weight excluding hydrogens is 242 g/mol. The summed E-state index contributed by atoms with van der Waals surface area (Å²) in [6, 6.07) is 9.47. The number of aromatic amines is 2. The number of hydrogen-bond donors (Lipinski definition) is 3. The summed E-state index contributed by atoms with van der Waals surface area (Å²) in [5.74, 6) is -0.325. The van der Waals surface area contributed by atoms with E-state index >= 15 is 0 Å². The monoisotopic (exact) mass is 253 g/mol. The van der Waals surface area contributed by atoms with E-state index in [1.54, 1.807) is 12.3 Å². The maximum absolute atomic E-state index is 11.6. The molecule has 0 fully saturated rings. The Hall–Kier alpha value is -2.89. The molecule has 0 aliphatic rings. The molecule has 2 aromatic heterocycles. The van der Waals surface area contributed by atoms with Gasteiger partial charge in [0.15, 0.2) is 0 Å². The fourth-order valence-corrected chi connectivity index (χ4v) is 1.80. The molecule has 6 nitrogen and oxygen atoms in total. The van der Waals surface area contributed by atoms with E-state index in [0.717, 1.165) is 16.5 Å². The molecule has 0 radical (unpaired) electrons. The summed E-state index contributed by atoms with van der Waals surface area (Å²) in [5.41, 5.74) is 4.75. The summed E-state index contributed by atoms with van der Waals surface area (Å²) in [4.78, 5) is 14.7. The lowest BCUT2D eigenvalue weighted by Crippen LogP contribution is -2.17. The number of rotatable bonds is 3. The largest absolute Gasteiger partial charge is 0.361 e. The van der Waals surface area contributed by atoms with Gasteiger partial charge in [0.2, 0.25) is 0 Å². The Morgan fingerprint density at radius 2 is 2.21 bits per heavy atom. The average molecular weight is 253 g/mol. The van der Waals surface area contributed by atoms with E-state index in [1.807, 2.05) is 30.5 Å². The Morgan fingerprint density at radius 3 is 3.05 bits per heavy atom. The van der Waals surface area contributed by atoms with Crippen molar-refractivity contribution >= 4 is 23.0 Å². The van der Waals surface area contributed by atoms with E-state index in [9.17, 15) is 4.79 Å². The number of nitrogens with one attached hydrogen (secondary N) is 3. The highest BCUT2D eigenvalue weighted by Crippen LogP contribution is 2.15. The zero-order chi connectivity index (χ0) is 13.1. The minimum absolute atomic E-state index is 0.325. The smallest absolute Gasteiger partial charge is 0.289 e. The minimum atomic E-state index is -0.325. The highest BCUT2D eigenvalue weighted by molar-refractivity contribution is 5.99. The highest BCUT2D eigenvalue weighted by Gasteiger charge is 2.04. The number of para-hydroxylation sites is 1. The Balaban J connectivity index is 1.75. The molecule has 0 saturated heterocycles. The second-order valence-electron chi connectivity index (χ2n) is 3.96. The molecule has 3 rings (SSSR count). The highest BCUT2D eigenvalue weighted by atomic mass is 16.2. The van der Waals surface area contributed by atoms with Crippen LogP contribution in [0.1, 0.15) is 16.1 Å². The van der Waals surface area contributed by atoms with Crippen molar-refractivity contribution < 1.29 is 4.79 Å². The molecule has 6 heteroatoms. The maximum atomic E-state index is 11.6. The summed E-state index contributed by atoms with van der Waals surface area (Å²) in [6.45, 7) is 0. The predicted octanol–water partition coefficient (Wildman–Crippen LogP) is 1.65. The molecule has 0 aliphatic carbocycles. The molecule has 0 unspecified atom stereocenters. The first-order valence-electron chi connectivity index (χ1n) is 5.73. The first-order valence-corrected chi connectivity index (χ1v) is 5.73. The lowest BCUT2D eigenvalue weighted by atomic mass is 10.2. The van der Waals surface area contributed by atoms with Gasteiger partial charge in [-0.25, -0.2) is 5.43 Å². The van der Waals surface area contributed by atoms with Crippen LogP contribution >= 0.6 is 0 Å². The number of aromatic nitrogens is 3. The second-order valence-corrected chi connectivity index (χ2v) is 3.96. The summed E-state index contributed by atoms with van der Waals surface area (Å²) in [6.07, 6.45) is 4.96. The Morgan fingerprint density at radius 1 is 1.32 bits per heavy atom. The van der Waals surface area contributed by atoms with Crippen molar-refractivity contribution in [1.82, 2.24) is 20.6 Å². The lowest BCUT2D eigenvalue weighted by molar-refractivity contribution is 0.0950. The van der Waals surface area contributed by atoms with Crippen LogP contribution in [0.2, 0.25) is 0 Å². The first kappa shape index (κ1) is 11.2. The van der Waals surface area contributed by atoms with Crippen molar-refractivity contribution in [2.24, 2.45) is 5.10 Å². The summed E-state index contributed by atoms with van der Waals surface area (Å²) in [5, 5.41) is 11.3. The van der Waals surface area contributed by atoms with Gasteiger partial charge in [-0.15, -0.1) is 0 Å². The van der Waals surface area contributed by atoms with Gasteiger partial charge in [0, 0.05) is 28.9 Å². The molecule has 0 spiro atoms. The molecule has 3 aromatic rings.